The highest BCUT2D eigenvalue weighted by atomic mass is 19.3. The summed E-state index contributed by atoms with van der Waals surface area (Å²) in [7, 11) is 0. The third-order valence-corrected chi connectivity index (χ3v) is 3.28. The van der Waals surface area contributed by atoms with Crippen LogP contribution < -0.4 is 9.47 Å². The van der Waals surface area contributed by atoms with Gasteiger partial charge < -0.3 is 9.47 Å². The second kappa shape index (κ2) is 8.79. The standard InChI is InChI=1S/C16H18F2N6O2/c1-3-25-15-13(12-4-5-21-14(7-12)26-16(17)18)6-11(8-22-15)9-24(23-20)10(2)19/h4-8,16,19-20H,3,9H2,1-2H3. The minimum Gasteiger partial charge on any atom is -0.478 e. The number of amidine groups is 1. The van der Waals surface area contributed by atoms with Crippen molar-refractivity contribution >= 4 is 5.84 Å². The first-order valence-corrected chi connectivity index (χ1v) is 7.67. The molecule has 2 aromatic rings. The summed E-state index contributed by atoms with van der Waals surface area (Å²) in [6.45, 7) is 0.875. The summed E-state index contributed by atoms with van der Waals surface area (Å²) in [5, 5.41) is 12.0. The van der Waals surface area contributed by atoms with Gasteiger partial charge in [-0.3, -0.25) is 5.41 Å². The molecule has 2 heterocycles. The Balaban J connectivity index is 2.42. The van der Waals surface area contributed by atoms with E-state index < -0.39 is 6.61 Å². The van der Waals surface area contributed by atoms with E-state index in [1.54, 1.807) is 25.3 Å². The molecule has 2 rings (SSSR count). The third kappa shape index (κ3) is 4.91. The summed E-state index contributed by atoms with van der Waals surface area (Å²) in [6, 6.07) is 4.72. The van der Waals surface area contributed by atoms with Crippen LogP contribution in [0.25, 0.3) is 11.1 Å². The lowest BCUT2D eigenvalue weighted by Crippen LogP contribution is -2.21. The number of nitrogens with zero attached hydrogens (tertiary/aromatic N) is 4. The van der Waals surface area contributed by atoms with Crippen molar-refractivity contribution in [2.75, 3.05) is 6.61 Å². The number of hydrogen-bond acceptors (Lipinski definition) is 7. The molecule has 2 aromatic heterocycles. The zero-order valence-corrected chi connectivity index (χ0v) is 14.2. The molecule has 0 bridgehead atoms. The normalized spacial score (nSPS) is 10.5. The smallest absolute Gasteiger partial charge is 0.388 e. The molecule has 0 unspecified atom stereocenters. The number of ether oxygens (including phenoxy) is 2. The maximum absolute atomic E-state index is 12.4. The van der Waals surface area contributed by atoms with Gasteiger partial charge in [-0.25, -0.2) is 15.0 Å². The second-order valence-corrected chi connectivity index (χ2v) is 5.13. The highest BCUT2D eigenvalue weighted by molar-refractivity contribution is 5.76. The third-order valence-electron chi connectivity index (χ3n) is 3.28. The highest BCUT2D eigenvalue weighted by Gasteiger charge is 2.14. The summed E-state index contributed by atoms with van der Waals surface area (Å²) in [4.78, 5) is 8.00. The number of hydrogen-bond donors (Lipinski definition) is 2. The number of aromatic nitrogens is 2. The lowest BCUT2D eigenvalue weighted by molar-refractivity contribution is -0.0528. The summed E-state index contributed by atoms with van der Waals surface area (Å²) in [5.41, 5.74) is 8.88. The quantitative estimate of drug-likeness (QED) is 0.320. The fourth-order valence-electron chi connectivity index (χ4n) is 2.18. The maximum atomic E-state index is 12.4. The monoisotopic (exact) mass is 364 g/mol. The van der Waals surface area contributed by atoms with Crippen LogP contribution in [-0.4, -0.2) is 34.0 Å². The molecular formula is C16H18F2N6O2. The van der Waals surface area contributed by atoms with E-state index >= 15 is 0 Å². The Labute approximate surface area is 148 Å². The van der Waals surface area contributed by atoms with Gasteiger partial charge >= 0.3 is 6.61 Å². The SMILES string of the molecule is CCOc1ncc(CN(N=N)C(C)=N)cc1-c1ccnc(OC(F)F)c1. The molecule has 0 fully saturated rings. The van der Waals surface area contributed by atoms with Crippen molar-refractivity contribution in [1.82, 2.24) is 15.0 Å². The Morgan fingerprint density at radius 1 is 1.35 bits per heavy atom. The van der Waals surface area contributed by atoms with E-state index in [0.717, 1.165) is 0 Å². The average Bonchev–Trinajstić information content (AvgIpc) is 2.60. The molecule has 0 aliphatic rings. The predicted molar refractivity (Wildman–Crippen MR) is 89.4 cm³/mol. The van der Waals surface area contributed by atoms with E-state index in [0.29, 0.717) is 29.2 Å². The lowest BCUT2D eigenvalue weighted by atomic mass is 10.1. The summed E-state index contributed by atoms with van der Waals surface area (Å²) in [5.74, 6) is 0.210. The van der Waals surface area contributed by atoms with Crippen LogP contribution in [0.2, 0.25) is 0 Å². The summed E-state index contributed by atoms with van der Waals surface area (Å²) in [6.07, 6.45) is 2.90. The fourth-order valence-corrected chi connectivity index (χ4v) is 2.18. The van der Waals surface area contributed by atoms with E-state index in [9.17, 15) is 8.78 Å². The summed E-state index contributed by atoms with van der Waals surface area (Å²) >= 11 is 0. The second-order valence-electron chi connectivity index (χ2n) is 5.13. The van der Waals surface area contributed by atoms with E-state index in [-0.39, 0.29) is 18.3 Å². The number of nitrogens with one attached hydrogen (secondary N) is 2. The number of alkyl halides is 2. The van der Waals surface area contributed by atoms with Crippen LogP contribution in [0, 0.1) is 10.9 Å². The van der Waals surface area contributed by atoms with Gasteiger partial charge in [0.05, 0.1) is 13.2 Å². The Kier molecular flexibility index (Phi) is 6.48. The molecule has 138 valence electrons. The van der Waals surface area contributed by atoms with Crippen LogP contribution in [0.3, 0.4) is 0 Å². The van der Waals surface area contributed by atoms with Crippen LogP contribution in [0.1, 0.15) is 19.4 Å². The van der Waals surface area contributed by atoms with Gasteiger partial charge in [0.2, 0.25) is 11.8 Å². The van der Waals surface area contributed by atoms with E-state index in [4.69, 9.17) is 15.7 Å². The van der Waals surface area contributed by atoms with Crippen LogP contribution in [-0.2, 0) is 6.54 Å². The molecule has 0 saturated heterocycles. The van der Waals surface area contributed by atoms with Crippen molar-refractivity contribution in [2.45, 2.75) is 27.0 Å². The summed E-state index contributed by atoms with van der Waals surface area (Å²) < 4.78 is 34.7. The number of rotatable bonds is 8. The first-order chi connectivity index (χ1) is 12.4. The van der Waals surface area contributed by atoms with Crippen molar-refractivity contribution < 1.29 is 18.3 Å². The molecule has 26 heavy (non-hydrogen) atoms. The first-order valence-electron chi connectivity index (χ1n) is 7.67. The van der Waals surface area contributed by atoms with E-state index in [2.05, 4.69) is 19.9 Å². The van der Waals surface area contributed by atoms with Crippen molar-refractivity contribution in [2.24, 2.45) is 5.22 Å². The van der Waals surface area contributed by atoms with Gasteiger partial charge in [-0.05, 0) is 37.1 Å². The molecule has 2 N–H and O–H groups in total. The molecule has 0 aliphatic carbocycles. The highest BCUT2D eigenvalue weighted by Crippen LogP contribution is 2.31. The Hall–Kier alpha value is -3.17. The fraction of sp³-hybridized carbons (Fsp3) is 0.312. The first kappa shape index (κ1) is 19.2. The molecule has 0 aliphatic heterocycles. The Morgan fingerprint density at radius 3 is 2.73 bits per heavy atom. The number of halogens is 2. The molecule has 0 atom stereocenters. The topological polar surface area (TPSA) is 108 Å². The lowest BCUT2D eigenvalue weighted by Gasteiger charge is -2.16. The maximum Gasteiger partial charge on any atom is 0.388 e. The number of pyridine rings is 2. The minimum atomic E-state index is -2.98. The minimum absolute atomic E-state index is 0.104. The van der Waals surface area contributed by atoms with Gasteiger partial charge in [0.1, 0.15) is 5.84 Å². The van der Waals surface area contributed by atoms with Crippen molar-refractivity contribution in [3.05, 3.63) is 36.2 Å². The van der Waals surface area contributed by atoms with Crippen molar-refractivity contribution in [1.29, 1.82) is 10.9 Å². The molecule has 8 nitrogen and oxygen atoms in total. The van der Waals surface area contributed by atoms with Gasteiger partial charge in [0.15, 0.2) is 0 Å². The van der Waals surface area contributed by atoms with Crippen LogP contribution in [0.4, 0.5) is 8.78 Å². The van der Waals surface area contributed by atoms with Crippen LogP contribution in [0.15, 0.2) is 35.8 Å². The Bertz CT molecular complexity index is 787. The molecule has 0 radical (unpaired) electrons. The van der Waals surface area contributed by atoms with Crippen molar-refractivity contribution in [3.8, 4) is 22.9 Å². The largest absolute Gasteiger partial charge is 0.478 e. The molecule has 0 amide bonds. The molecular weight excluding hydrogens is 346 g/mol. The van der Waals surface area contributed by atoms with E-state index in [1.807, 2.05) is 0 Å². The van der Waals surface area contributed by atoms with Gasteiger partial charge in [-0.15, -0.1) is 0 Å². The Morgan fingerprint density at radius 2 is 2.12 bits per heavy atom. The molecule has 0 saturated carbocycles. The van der Waals surface area contributed by atoms with Gasteiger partial charge in [-0.1, -0.05) is 5.22 Å². The zero-order valence-electron chi connectivity index (χ0n) is 14.2. The molecule has 10 heteroatoms. The van der Waals surface area contributed by atoms with E-state index in [1.165, 1.54) is 24.2 Å². The van der Waals surface area contributed by atoms with Gasteiger partial charge in [0.25, 0.3) is 0 Å². The molecule has 0 spiro atoms. The predicted octanol–water partition coefficient (Wildman–Crippen LogP) is 3.89. The van der Waals surface area contributed by atoms with Gasteiger partial charge in [-0.2, -0.15) is 14.3 Å². The van der Waals surface area contributed by atoms with Crippen LogP contribution >= 0.6 is 0 Å². The van der Waals surface area contributed by atoms with Gasteiger partial charge in [0, 0.05) is 24.0 Å². The van der Waals surface area contributed by atoms with Crippen molar-refractivity contribution in [3.63, 3.8) is 0 Å². The van der Waals surface area contributed by atoms with Crippen LogP contribution in [0.5, 0.6) is 11.8 Å². The molecule has 0 aromatic carbocycles. The zero-order chi connectivity index (χ0) is 19.1. The average molecular weight is 364 g/mol.